The van der Waals surface area contributed by atoms with Crippen LogP contribution in [0.2, 0.25) is 0 Å². The number of hydrogen-bond acceptors (Lipinski definition) is 8. The number of ether oxygens (including phenoxy) is 2. The van der Waals surface area contributed by atoms with Gasteiger partial charge in [0.2, 0.25) is 0 Å². The van der Waals surface area contributed by atoms with Crippen molar-refractivity contribution in [2.45, 2.75) is 52.4 Å². The van der Waals surface area contributed by atoms with E-state index in [1.807, 2.05) is 28.1 Å². The molecule has 0 aliphatic carbocycles. The topological polar surface area (TPSA) is 108 Å². The highest BCUT2D eigenvalue weighted by Crippen LogP contribution is 2.30. The van der Waals surface area contributed by atoms with Crippen LogP contribution in [0.5, 0.6) is 5.75 Å². The molecule has 0 bridgehead atoms. The van der Waals surface area contributed by atoms with Crippen LogP contribution < -0.4 is 10.5 Å². The number of nitrogens with two attached hydrogens (primary N) is 1. The van der Waals surface area contributed by atoms with Crippen molar-refractivity contribution in [2.24, 2.45) is 5.73 Å². The summed E-state index contributed by atoms with van der Waals surface area (Å²) in [7, 11) is 0. The van der Waals surface area contributed by atoms with Crippen molar-refractivity contribution < 1.29 is 14.6 Å². The summed E-state index contributed by atoms with van der Waals surface area (Å²) in [6, 6.07) is 5.78. The van der Waals surface area contributed by atoms with Gasteiger partial charge in [-0.2, -0.15) is 0 Å². The summed E-state index contributed by atoms with van der Waals surface area (Å²) in [4.78, 5) is 13.6. The van der Waals surface area contributed by atoms with Gasteiger partial charge in [-0.05, 0) is 32.9 Å². The molecule has 4 aromatic rings. The Morgan fingerprint density at radius 3 is 2.80 bits per heavy atom. The minimum atomic E-state index is -0.887. The predicted molar refractivity (Wildman–Crippen MR) is 116 cm³/mol. The van der Waals surface area contributed by atoms with Crippen LogP contribution in [-0.4, -0.2) is 36.5 Å². The molecule has 3 N–H and O–H groups in total. The lowest BCUT2D eigenvalue weighted by Gasteiger charge is -2.19. The van der Waals surface area contributed by atoms with E-state index in [1.165, 1.54) is 11.3 Å². The maximum absolute atomic E-state index is 10.3. The van der Waals surface area contributed by atoms with E-state index in [1.54, 1.807) is 32.6 Å². The molecule has 0 spiro atoms. The zero-order chi connectivity index (χ0) is 21.3. The van der Waals surface area contributed by atoms with Crippen LogP contribution >= 0.6 is 11.3 Å². The Labute approximate surface area is 178 Å². The summed E-state index contributed by atoms with van der Waals surface area (Å²) < 4.78 is 13.4. The van der Waals surface area contributed by atoms with Crippen molar-refractivity contribution >= 4 is 33.3 Å². The van der Waals surface area contributed by atoms with Crippen LogP contribution in [0.1, 0.15) is 32.2 Å². The monoisotopic (exact) mass is 427 g/mol. The van der Waals surface area contributed by atoms with Crippen LogP contribution in [0.4, 0.5) is 0 Å². The van der Waals surface area contributed by atoms with Gasteiger partial charge in [0.05, 0.1) is 53.0 Å². The number of hydrogen-bond donors (Lipinski definition) is 2. The predicted octanol–water partition coefficient (Wildman–Crippen LogP) is 3.21. The highest BCUT2D eigenvalue weighted by molar-refractivity contribution is 7.07. The molecule has 0 saturated carbocycles. The van der Waals surface area contributed by atoms with Crippen molar-refractivity contribution in [2.75, 3.05) is 0 Å². The third kappa shape index (κ3) is 4.59. The fourth-order valence-electron chi connectivity index (χ4n) is 3.28. The van der Waals surface area contributed by atoms with Crippen LogP contribution in [0.3, 0.4) is 0 Å². The van der Waals surface area contributed by atoms with E-state index in [0.717, 1.165) is 27.6 Å². The Hall–Kier alpha value is -2.59. The average molecular weight is 428 g/mol. The highest BCUT2D eigenvalue weighted by Gasteiger charge is 2.20. The lowest BCUT2D eigenvalue weighted by atomic mass is 10.1. The third-order valence-electron chi connectivity index (χ3n) is 4.50. The average Bonchev–Trinajstić information content (AvgIpc) is 3.33. The first-order valence-electron chi connectivity index (χ1n) is 9.67. The molecular formula is C21H25N5O3S. The van der Waals surface area contributed by atoms with Gasteiger partial charge in [0.25, 0.3) is 0 Å². The number of aliphatic hydroxyl groups is 1. The van der Waals surface area contributed by atoms with E-state index >= 15 is 0 Å². The maximum atomic E-state index is 10.3. The Kier molecular flexibility index (Phi) is 5.70. The molecule has 0 aliphatic rings. The first-order valence-corrected chi connectivity index (χ1v) is 10.6. The Morgan fingerprint density at radius 1 is 1.27 bits per heavy atom. The van der Waals surface area contributed by atoms with Gasteiger partial charge >= 0.3 is 0 Å². The van der Waals surface area contributed by atoms with Crippen molar-refractivity contribution in [1.82, 2.24) is 19.5 Å². The zero-order valence-corrected chi connectivity index (χ0v) is 18.0. The molecule has 158 valence electrons. The molecule has 1 aromatic carbocycles. The maximum Gasteiger partial charge on any atom is 0.131 e. The number of imidazole rings is 1. The number of benzene rings is 1. The zero-order valence-electron chi connectivity index (χ0n) is 17.2. The summed E-state index contributed by atoms with van der Waals surface area (Å²) in [5.74, 6) is 0.704. The van der Waals surface area contributed by atoms with Gasteiger partial charge in [0, 0.05) is 16.8 Å². The molecule has 0 amide bonds. The molecule has 0 radical (unpaired) electrons. The Bertz CT molecular complexity index is 1150. The van der Waals surface area contributed by atoms with E-state index in [4.69, 9.17) is 20.2 Å². The van der Waals surface area contributed by atoms with E-state index in [9.17, 15) is 5.11 Å². The number of pyridine rings is 1. The molecular weight excluding hydrogens is 402 g/mol. The van der Waals surface area contributed by atoms with Crippen LogP contribution in [-0.2, 0) is 24.5 Å². The van der Waals surface area contributed by atoms with Gasteiger partial charge in [-0.3, -0.25) is 0 Å². The van der Waals surface area contributed by atoms with E-state index in [2.05, 4.69) is 9.97 Å². The third-order valence-corrected chi connectivity index (χ3v) is 5.14. The SMILES string of the molecule is CC(N)OCc1nc2cc(OCc3cscn3)ccc2c2c1ncn2CC(C)(C)O. The number of thiazole rings is 1. The number of rotatable bonds is 8. The van der Waals surface area contributed by atoms with E-state index in [0.29, 0.717) is 24.6 Å². The minimum Gasteiger partial charge on any atom is -0.487 e. The molecule has 4 rings (SSSR count). The second kappa shape index (κ2) is 8.27. The molecule has 1 atom stereocenters. The summed E-state index contributed by atoms with van der Waals surface area (Å²) in [6.07, 6.45) is 1.31. The smallest absolute Gasteiger partial charge is 0.131 e. The van der Waals surface area contributed by atoms with Gasteiger partial charge < -0.3 is 24.9 Å². The van der Waals surface area contributed by atoms with Gasteiger partial charge in [-0.1, -0.05) is 0 Å². The standard InChI is InChI=1S/C21H25N5O3S/c1-13(22)28-8-18-19-20(26(11-23-19)10-21(2,3)27)16-5-4-15(6-17(16)25-18)29-7-14-9-30-12-24-14/h4-6,9,11-13,27H,7-8,10,22H2,1-3H3. The van der Waals surface area contributed by atoms with Gasteiger partial charge in [-0.25, -0.2) is 15.0 Å². The van der Waals surface area contributed by atoms with Crippen molar-refractivity contribution in [1.29, 1.82) is 0 Å². The number of nitrogens with zero attached hydrogens (tertiary/aromatic N) is 4. The summed E-state index contributed by atoms with van der Waals surface area (Å²) in [5, 5.41) is 13.2. The molecule has 0 saturated heterocycles. The first kappa shape index (κ1) is 20.7. The summed E-state index contributed by atoms with van der Waals surface area (Å²) in [6.45, 7) is 6.36. The van der Waals surface area contributed by atoms with Gasteiger partial charge in [0.15, 0.2) is 0 Å². The Morgan fingerprint density at radius 2 is 2.10 bits per heavy atom. The van der Waals surface area contributed by atoms with Crippen LogP contribution in [0.25, 0.3) is 21.9 Å². The second-order valence-electron chi connectivity index (χ2n) is 7.90. The largest absolute Gasteiger partial charge is 0.487 e. The van der Waals surface area contributed by atoms with Crippen molar-refractivity contribution in [3.05, 3.63) is 46.8 Å². The van der Waals surface area contributed by atoms with Crippen LogP contribution in [0.15, 0.2) is 35.4 Å². The molecule has 0 fully saturated rings. The summed E-state index contributed by atoms with van der Waals surface area (Å²) in [5.41, 5.74) is 10.6. The highest BCUT2D eigenvalue weighted by atomic mass is 32.1. The van der Waals surface area contributed by atoms with Gasteiger partial charge in [-0.15, -0.1) is 11.3 Å². The number of fused-ring (bicyclic) bond motifs is 3. The Balaban J connectivity index is 1.78. The van der Waals surface area contributed by atoms with Gasteiger partial charge in [0.1, 0.15) is 24.1 Å². The van der Waals surface area contributed by atoms with Crippen molar-refractivity contribution in [3.63, 3.8) is 0 Å². The van der Waals surface area contributed by atoms with Crippen LogP contribution in [0, 0.1) is 0 Å². The first-order chi connectivity index (χ1) is 14.3. The fraction of sp³-hybridized carbons (Fsp3) is 0.381. The summed E-state index contributed by atoms with van der Waals surface area (Å²) >= 11 is 1.54. The quantitative estimate of drug-likeness (QED) is 0.416. The lowest BCUT2D eigenvalue weighted by Crippen LogP contribution is -2.25. The number of aromatic nitrogens is 4. The molecule has 9 heteroatoms. The second-order valence-corrected chi connectivity index (χ2v) is 8.62. The molecule has 0 aliphatic heterocycles. The normalized spacial score (nSPS) is 13.2. The molecule has 8 nitrogen and oxygen atoms in total. The minimum absolute atomic E-state index is 0.244. The fourth-order valence-corrected chi connectivity index (χ4v) is 3.83. The molecule has 3 aromatic heterocycles. The van der Waals surface area contributed by atoms with Crippen molar-refractivity contribution in [3.8, 4) is 5.75 Å². The van der Waals surface area contributed by atoms with E-state index < -0.39 is 11.8 Å². The lowest BCUT2D eigenvalue weighted by molar-refractivity contribution is 0.0564. The molecule has 3 heterocycles. The molecule has 1 unspecified atom stereocenters. The van der Waals surface area contributed by atoms with E-state index in [-0.39, 0.29) is 6.61 Å². The molecule has 30 heavy (non-hydrogen) atoms.